The van der Waals surface area contributed by atoms with Crippen LogP contribution in [-0.2, 0) is 14.3 Å². The fourth-order valence-electron chi connectivity index (χ4n) is 4.10. The molecule has 4 rings (SSSR count). The van der Waals surface area contributed by atoms with Crippen molar-refractivity contribution in [3.63, 3.8) is 0 Å². The topological polar surface area (TPSA) is 136 Å². The van der Waals surface area contributed by atoms with Gasteiger partial charge in [0.25, 0.3) is 5.91 Å². The van der Waals surface area contributed by atoms with Gasteiger partial charge < -0.3 is 39.8 Å². The third-order valence-corrected chi connectivity index (χ3v) is 6.40. The number of para-hydroxylation sites is 2. The van der Waals surface area contributed by atoms with Crippen LogP contribution in [0.4, 0.5) is 5.69 Å². The minimum absolute atomic E-state index is 0.126. The predicted octanol–water partition coefficient (Wildman–Crippen LogP) is 2.80. The number of halogens is 1. The summed E-state index contributed by atoms with van der Waals surface area (Å²) in [5.74, 6) is -0.358. The van der Waals surface area contributed by atoms with Crippen LogP contribution in [0, 0.1) is 0 Å². The Bertz CT molecular complexity index is 1300. The maximum absolute atomic E-state index is 13.5. The number of carbonyl (C=O) groups excluding carboxylic acids is 2. The van der Waals surface area contributed by atoms with E-state index in [0.29, 0.717) is 11.4 Å². The number of ether oxygens (including phenoxy) is 4. The highest BCUT2D eigenvalue weighted by Crippen LogP contribution is 2.33. The average molecular weight is 575 g/mol. The Morgan fingerprint density at radius 3 is 2.41 bits per heavy atom. The largest absolute Gasteiger partial charge is 0.495 e. The quantitative estimate of drug-likeness (QED) is 0.338. The van der Waals surface area contributed by atoms with Crippen LogP contribution in [0.2, 0.25) is 0 Å². The normalized spacial score (nSPS) is 23.4. The summed E-state index contributed by atoms with van der Waals surface area (Å²) in [7, 11) is 2.80. The number of amides is 2. The molecule has 3 aromatic carbocycles. The maximum Gasteiger partial charge on any atom is 0.259 e. The number of rotatable bonds is 7. The minimum Gasteiger partial charge on any atom is -0.495 e. The fraction of sp³-hybridized carbons (Fsp3) is 0.308. The van der Waals surface area contributed by atoms with E-state index in [1.165, 1.54) is 21.1 Å². The Balaban J connectivity index is 1.75. The zero-order chi connectivity index (χ0) is 26.7. The van der Waals surface area contributed by atoms with Crippen molar-refractivity contribution in [1.29, 1.82) is 0 Å². The third kappa shape index (κ3) is 5.86. The van der Waals surface area contributed by atoms with Gasteiger partial charge in [0.1, 0.15) is 29.7 Å². The Kier molecular flexibility index (Phi) is 8.30. The molecule has 1 aliphatic rings. The molecule has 5 atom stereocenters. The van der Waals surface area contributed by atoms with Crippen molar-refractivity contribution < 1.29 is 38.7 Å². The second-order valence-corrected chi connectivity index (χ2v) is 9.34. The molecular weight excluding hydrogens is 548 g/mol. The van der Waals surface area contributed by atoms with Gasteiger partial charge in [-0.1, -0.05) is 34.1 Å². The Morgan fingerprint density at radius 1 is 0.946 bits per heavy atom. The number of nitrogens with one attached hydrogen (secondary N) is 2. The average Bonchev–Trinajstić information content (AvgIpc) is 2.88. The number of hydrogen-bond acceptors (Lipinski definition) is 8. The molecular formula is C26H27BrN2O8. The summed E-state index contributed by atoms with van der Waals surface area (Å²) in [6, 6.07) is 14.7. The first-order chi connectivity index (χ1) is 17.7. The van der Waals surface area contributed by atoms with E-state index in [9.17, 15) is 19.8 Å². The second-order valence-electron chi connectivity index (χ2n) is 8.43. The van der Waals surface area contributed by atoms with Crippen molar-refractivity contribution in [3.8, 4) is 11.5 Å². The van der Waals surface area contributed by atoms with Gasteiger partial charge >= 0.3 is 0 Å². The van der Waals surface area contributed by atoms with Gasteiger partial charge in [-0.15, -0.1) is 0 Å². The lowest BCUT2D eigenvalue weighted by molar-refractivity contribution is -0.303. The minimum atomic E-state index is -1.46. The molecule has 10 nitrogen and oxygen atoms in total. The highest BCUT2D eigenvalue weighted by molar-refractivity contribution is 9.10. The maximum atomic E-state index is 13.5. The summed E-state index contributed by atoms with van der Waals surface area (Å²) >= 11 is 3.45. The van der Waals surface area contributed by atoms with E-state index in [0.717, 1.165) is 15.2 Å². The first-order valence-corrected chi connectivity index (χ1v) is 12.2. The van der Waals surface area contributed by atoms with Crippen molar-refractivity contribution in [2.24, 2.45) is 0 Å². The van der Waals surface area contributed by atoms with Crippen molar-refractivity contribution in [1.82, 2.24) is 5.32 Å². The van der Waals surface area contributed by atoms with E-state index in [1.54, 1.807) is 36.4 Å². The molecule has 0 unspecified atom stereocenters. The molecule has 196 valence electrons. The van der Waals surface area contributed by atoms with Gasteiger partial charge in [-0.2, -0.15) is 0 Å². The van der Waals surface area contributed by atoms with Crippen LogP contribution in [0.3, 0.4) is 0 Å². The van der Waals surface area contributed by atoms with Gasteiger partial charge in [0.15, 0.2) is 6.29 Å². The summed E-state index contributed by atoms with van der Waals surface area (Å²) in [6.07, 6.45) is -5.43. The highest BCUT2D eigenvalue weighted by Gasteiger charge is 2.47. The lowest BCUT2D eigenvalue weighted by Gasteiger charge is -2.41. The number of aliphatic hydroxyl groups excluding tert-OH is 2. The molecule has 0 radical (unpaired) electrons. The third-order valence-electron chi connectivity index (χ3n) is 5.90. The monoisotopic (exact) mass is 574 g/mol. The van der Waals surface area contributed by atoms with Crippen molar-refractivity contribution >= 4 is 44.2 Å². The molecule has 11 heteroatoms. The number of carbonyl (C=O) groups is 2. The van der Waals surface area contributed by atoms with Crippen molar-refractivity contribution in [3.05, 3.63) is 64.6 Å². The molecule has 1 heterocycles. The molecule has 2 amide bonds. The van der Waals surface area contributed by atoms with Gasteiger partial charge in [-0.05, 0) is 47.2 Å². The molecule has 1 fully saturated rings. The Labute approximate surface area is 221 Å². The van der Waals surface area contributed by atoms with Crippen LogP contribution in [-0.4, -0.2) is 67.1 Å². The molecule has 1 aliphatic heterocycles. The lowest BCUT2D eigenvalue weighted by atomic mass is 10.0. The fourth-order valence-corrected chi connectivity index (χ4v) is 4.48. The molecule has 37 heavy (non-hydrogen) atoms. The summed E-state index contributed by atoms with van der Waals surface area (Å²) in [5, 5.41) is 27.9. The number of methoxy groups -OCH3 is 2. The SMILES string of the molecule is COc1ccccc1NC(=O)c1cc2cc(Br)ccc2cc1O[C@@H]1O[C@H](OC)[C@@H](O)[C@H](O)[C@H]1NC(C)=O. The molecule has 0 spiro atoms. The van der Waals surface area contributed by atoms with Crippen molar-refractivity contribution in [2.45, 2.75) is 37.8 Å². The number of hydrogen-bond donors (Lipinski definition) is 4. The molecule has 0 bridgehead atoms. The smallest absolute Gasteiger partial charge is 0.259 e. The zero-order valence-electron chi connectivity index (χ0n) is 20.3. The molecule has 0 aliphatic carbocycles. The first-order valence-electron chi connectivity index (χ1n) is 11.4. The van der Waals surface area contributed by atoms with E-state index in [2.05, 4.69) is 26.6 Å². The number of benzene rings is 3. The molecule has 4 N–H and O–H groups in total. The van der Waals surface area contributed by atoms with Gasteiger partial charge in [0, 0.05) is 18.5 Å². The van der Waals surface area contributed by atoms with Gasteiger partial charge in [-0.3, -0.25) is 9.59 Å². The Hall–Kier alpha value is -3.22. The summed E-state index contributed by atoms with van der Waals surface area (Å²) in [5.41, 5.74) is 0.620. The molecule has 0 aromatic heterocycles. The summed E-state index contributed by atoms with van der Waals surface area (Å²) in [4.78, 5) is 25.3. The Morgan fingerprint density at radius 2 is 1.70 bits per heavy atom. The van der Waals surface area contributed by atoms with Crippen LogP contribution in [0.15, 0.2) is 59.1 Å². The number of anilines is 1. The van der Waals surface area contributed by atoms with E-state index in [1.807, 2.05) is 18.2 Å². The van der Waals surface area contributed by atoms with E-state index >= 15 is 0 Å². The van der Waals surface area contributed by atoms with Crippen LogP contribution >= 0.6 is 15.9 Å². The molecule has 3 aromatic rings. The first kappa shape index (κ1) is 26.8. The van der Waals surface area contributed by atoms with E-state index in [4.69, 9.17) is 18.9 Å². The predicted molar refractivity (Wildman–Crippen MR) is 139 cm³/mol. The van der Waals surface area contributed by atoms with Crippen LogP contribution in [0.25, 0.3) is 10.8 Å². The second kappa shape index (κ2) is 11.4. The highest BCUT2D eigenvalue weighted by atomic mass is 79.9. The van der Waals surface area contributed by atoms with Gasteiger partial charge in [0.05, 0.1) is 18.4 Å². The van der Waals surface area contributed by atoms with Crippen LogP contribution in [0.1, 0.15) is 17.3 Å². The lowest BCUT2D eigenvalue weighted by Crippen LogP contribution is -2.65. The van der Waals surface area contributed by atoms with Gasteiger partial charge in [0.2, 0.25) is 12.2 Å². The number of aliphatic hydroxyl groups is 2. The number of fused-ring (bicyclic) bond motifs is 1. The standard InChI is InChI=1S/C26H27BrN2O8/c1-13(30)28-21-22(31)23(32)26(35-3)37-25(21)36-20-12-14-8-9-16(27)10-15(14)11-17(20)24(33)29-18-6-4-5-7-19(18)34-2/h4-12,21-23,25-26,31-32H,1-3H3,(H,28,30)(H,29,33)/t21-,22-,23+,25-,26+/m1/s1. The van der Waals surface area contributed by atoms with E-state index in [-0.39, 0.29) is 11.3 Å². The zero-order valence-corrected chi connectivity index (χ0v) is 21.9. The van der Waals surface area contributed by atoms with Crippen LogP contribution in [0.5, 0.6) is 11.5 Å². The van der Waals surface area contributed by atoms with Gasteiger partial charge in [-0.25, -0.2) is 0 Å². The summed E-state index contributed by atoms with van der Waals surface area (Å²) < 4.78 is 23.1. The molecule has 1 saturated heterocycles. The van der Waals surface area contributed by atoms with Crippen LogP contribution < -0.4 is 20.1 Å². The summed E-state index contributed by atoms with van der Waals surface area (Å²) in [6.45, 7) is 1.26. The molecule has 0 saturated carbocycles. The van der Waals surface area contributed by atoms with Crippen molar-refractivity contribution in [2.75, 3.05) is 19.5 Å². The van der Waals surface area contributed by atoms with E-state index < -0.39 is 42.6 Å².